The highest BCUT2D eigenvalue weighted by molar-refractivity contribution is 5.68. The Hall–Kier alpha value is -2.57. The molecule has 0 aliphatic rings. The number of unbranched alkanes of at least 4 members (excludes halogenated alkanes) is 2. The molecule has 0 aliphatic heterocycles. The number of ether oxygens (including phenoxy) is 3. The van der Waals surface area contributed by atoms with Crippen LogP contribution in [0.3, 0.4) is 0 Å². The second-order valence-corrected chi connectivity index (χ2v) is 8.84. The van der Waals surface area contributed by atoms with Crippen LogP contribution in [0, 0.1) is 0 Å². The van der Waals surface area contributed by atoms with E-state index in [1.165, 1.54) is 5.56 Å². The number of alkyl carbamates (subject to hydrolysis) is 1. The lowest BCUT2D eigenvalue weighted by Gasteiger charge is -2.20. The Labute approximate surface area is 191 Å². The van der Waals surface area contributed by atoms with Gasteiger partial charge in [0.2, 0.25) is 0 Å². The summed E-state index contributed by atoms with van der Waals surface area (Å²) >= 11 is 0. The maximum atomic E-state index is 11.7. The lowest BCUT2D eigenvalue weighted by atomic mass is 10.1. The first-order chi connectivity index (χ1) is 15.3. The number of hydrogen-bond donors (Lipinski definition) is 2. The molecule has 0 saturated heterocycles. The predicted octanol–water partition coefficient (Wildman–Crippen LogP) is 5.40. The Bertz CT molecular complexity index is 788. The van der Waals surface area contributed by atoms with Gasteiger partial charge in [0.1, 0.15) is 5.75 Å². The van der Waals surface area contributed by atoms with Crippen LogP contribution >= 0.6 is 0 Å². The zero-order chi connectivity index (χ0) is 23.2. The average Bonchev–Trinajstić information content (AvgIpc) is 2.75. The Morgan fingerprint density at radius 2 is 1.72 bits per heavy atom. The topological polar surface area (TPSA) is 77.0 Å². The fourth-order valence-electron chi connectivity index (χ4n) is 3.02. The fourth-order valence-corrected chi connectivity index (χ4v) is 3.02. The number of carbonyl (C=O) groups is 1. The lowest BCUT2D eigenvalue weighted by molar-refractivity contribution is 0.101. The summed E-state index contributed by atoms with van der Waals surface area (Å²) in [6, 6.07) is 17.6. The number of benzene rings is 2. The van der Waals surface area contributed by atoms with Crippen molar-refractivity contribution in [3.05, 3.63) is 65.7 Å². The van der Waals surface area contributed by atoms with E-state index in [0.717, 1.165) is 37.2 Å². The van der Waals surface area contributed by atoms with Crippen LogP contribution in [-0.2, 0) is 16.1 Å². The molecule has 176 valence electrons. The molecule has 0 heterocycles. The van der Waals surface area contributed by atoms with Crippen molar-refractivity contribution < 1.29 is 24.1 Å². The summed E-state index contributed by atoms with van der Waals surface area (Å²) in [6.45, 7) is 7.80. The molecule has 1 amide bonds. The Morgan fingerprint density at radius 3 is 2.47 bits per heavy atom. The molecule has 2 N–H and O–H groups in total. The van der Waals surface area contributed by atoms with E-state index in [0.29, 0.717) is 19.6 Å². The summed E-state index contributed by atoms with van der Waals surface area (Å²) in [4.78, 5) is 11.7. The highest BCUT2D eigenvalue weighted by Crippen LogP contribution is 2.22. The van der Waals surface area contributed by atoms with Crippen molar-refractivity contribution in [2.24, 2.45) is 0 Å². The van der Waals surface area contributed by atoms with Gasteiger partial charge < -0.3 is 24.6 Å². The lowest BCUT2D eigenvalue weighted by Crippen LogP contribution is -2.41. The maximum absolute atomic E-state index is 11.7. The molecular formula is C26H37NO5. The molecule has 0 fully saturated rings. The van der Waals surface area contributed by atoms with Gasteiger partial charge in [0.25, 0.3) is 0 Å². The molecule has 0 spiro atoms. The zero-order valence-corrected chi connectivity index (χ0v) is 19.5. The quantitative estimate of drug-likeness (QED) is 0.405. The number of hydrogen-bond acceptors (Lipinski definition) is 5. The molecule has 0 aromatic heterocycles. The zero-order valence-electron chi connectivity index (χ0n) is 19.5. The summed E-state index contributed by atoms with van der Waals surface area (Å²) in [6.07, 6.45) is 2.10. The van der Waals surface area contributed by atoms with Gasteiger partial charge in [0.05, 0.1) is 25.9 Å². The number of rotatable bonds is 13. The van der Waals surface area contributed by atoms with Gasteiger partial charge in [0.15, 0.2) is 0 Å². The van der Waals surface area contributed by atoms with Crippen molar-refractivity contribution in [3.8, 4) is 5.75 Å². The first-order valence-corrected chi connectivity index (χ1v) is 11.3. The number of aliphatic hydroxyl groups is 1. The van der Waals surface area contributed by atoms with Crippen molar-refractivity contribution in [1.29, 1.82) is 0 Å². The molecule has 2 aromatic carbocycles. The van der Waals surface area contributed by atoms with Gasteiger partial charge in [-0.25, -0.2) is 4.79 Å². The Kier molecular flexibility index (Phi) is 11.0. The number of nitrogens with one attached hydrogen (secondary N) is 1. The average molecular weight is 444 g/mol. The van der Waals surface area contributed by atoms with Crippen LogP contribution in [0.4, 0.5) is 4.79 Å². The molecule has 1 unspecified atom stereocenters. The Balaban J connectivity index is 1.58. The van der Waals surface area contributed by atoms with Crippen LogP contribution in [0.25, 0.3) is 0 Å². The van der Waals surface area contributed by atoms with Crippen LogP contribution in [0.15, 0.2) is 54.6 Å². The first kappa shape index (κ1) is 25.7. The molecule has 32 heavy (non-hydrogen) atoms. The molecule has 6 heteroatoms. The first-order valence-electron chi connectivity index (χ1n) is 11.3. The van der Waals surface area contributed by atoms with Gasteiger partial charge >= 0.3 is 6.09 Å². The third-order valence-corrected chi connectivity index (χ3v) is 4.66. The minimum Gasteiger partial charge on any atom is -0.494 e. The van der Waals surface area contributed by atoms with E-state index in [1.807, 2.05) is 63.2 Å². The molecule has 0 radical (unpaired) electrons. The highest BCUT2D eigenvalue weighted by Gasteiger charge is 2.15. The number of amides is 1. The van der Waals surface area contributed by atoms with Crippen molar-refractivity contribution in [2.75, 3.05) is 19.8 Å². The van der Waals surface area contributed by atoms with Crippen molar-refractivity contribution in [2.45, 2.75) is 64.7 Å². The van der Waals surface area contributed by atoms with E-state index in [1.54, 1.807) is 0 Å². The van der Waals surface area contributed by atoms with Crippen molar-refractivity contribution in [3.63, 3.8) is 0 Å². The summed E-state index contributed by atoms with van der Waals surface area (Å²) < 4.78 is 16.7. The van der Waals surface area contributed by atoms with Gasteiger partial charge in [-0.15, -0.1) is 0 Å². The molecule has 0 bridgehead atoms. The smallest absolute Gasteiger partial charge is 0.407 e. The molecule has 6 nitrogen and oxygen atoms in total. The van der Waals surface area contributed by atoms with Crippen molar-refractivity contribution in [1.82, 2.24) is 5.32 Å². The summed E-state index contributed by atoms with van der Waals surface area (Å²) in [7, 11) is 0. The van der Waals surface area contributed by atoms with Crippen LogP contribution in [0.5, 0.6) is 5.75 Å². The van der Waals surface area contributed by atoms with Crippen LogP contribution in [0.1, 0.15) is 63.7 Å². The molecule has 2 rings (SSSR count). The molecule has 2 aromatic rings. The van der Waals surface area contributed by atoms with E-state index >= 15 is 0 Å². The van der Waals surface area contributed by atoms with E-state index < -0.39 is 12.2 Å². The monoisotopic (exact) mass is 443 g/mol. The maximum Gasteiger partial charge on any atom is 0.407 e. The normalized spacial score (nSPS) is 12.2. The number of carbonyl (C=O) groups excluding carboxylic acids is 1. The van der Waals surface area contributed by atoms with Crippen LogP contribution in [-0.4, -0.2) is 36.6 Å². The standard InChI is InChI=1S/C26H37NO5/c1-26(2,3)27-25(29)32-18-15-24(28)22-13-10-14-23(19-22)31-17-9-5-8-16-30-20-21-11-6-4-7-12-21/h4,6-7,10-14,19,24,28H,5,8-9,15-18,20H2,1-3H3,(H,27,29). The molecule has 1 atom stereocenters. The molecular weight excluding hydrogens is 406 g/mol. The third kappa shape index (κ3) is 11.2. The van der Waals surface area contributed by atoms with Gasteiger partial charge in [-0.05, 0) is 63.3 Å². The van der Waals surface area contributed by atoms with E-state index in [9.17, 15) is 9.90 Å². The predicted molar refractivity (Wildman–Crippen MR) is 126 cm³/mol. The SMILES string of the molecule is CC(C)(C)NC(=O)OCCC(O)c1cccc(OCCCCCOCc2ccccc2)c1. The van der Waals surface area contributed by atoms with Crippen LogP contribution in [0.2, 0.25) is 0 Å². The van der Waals surface area contributed by atoms with E-state index in [-0.39, 0.29) is 12.1 Å². The number of aliphatic hydroxyl groups excluding tert-OH is 1. The summed E-state index contributed by atoms with van der Waals surface area (Å²) in [5.41, 5.74) is 1.59. The summed E-state index contributed by atoms with van der Waals surface area (Å²) in [5, 5.41) is 13.1. The summed E-state index contributed by atoms with van der Waals surface area (Å²) in [5.74, 6) is 0.730. The van der Waals surface area contributed by atoms with Crippen LogP contribution < -0.4 is 10.1 Å². The second-order valence-electron chi connectivity index (χ2n) is 8.84. The van der Waals surface area contributed by atoms with Gasteiger partial charge in [-0.3, -0.25) is 0 Å². The van der Waals surface area contributed by atoms with E-state index in [4.69, 9.17) is 14.2 Å². The van der Waals surface area contributed by atoms with E-state index in [2.05, 4.69) is 17.4 Å². The fraction of sp³-hybridized carbons (Fsp3) is 0.500. The second kappa shape index (κ2) is 13.8. The minimum absolute atomic E-state index is 0.139. The van der Waals surface area contributed by atoms with Crippen molar-refractivity contribution >= 4 is 6.09 Å². The van der Waals surface area contributed by atoms with Gasteiger partial charge in [-0.1, -0.05) is 42.5 Å². The van der Waals surface area contributed by atoms with Gasteiger partial charge in [0, 0.05) is 18.6 Å². The molecule has 0 aliphatic carbocycles. The Morgan fingerprint density at radius 1 is 0.969 bits per heavy atom. The molecule has 0 saturated carbocycles. The highest BCUT2D eigenvalue weighted by atomic mass is 16.5. The van der Waals surface area contributed by atoms with Gasteiger partial charge in [-0.2, -0.15) is 0 Å². The minimum atomic E-state index is -0.720. The third-order valence-electron chi connectivity index (χ3n) is 4.66. The largest absolute Gasteiger partial charge is 0.494 e.